The molecule has 4 N–H and O–H groups in total. The molecule has 5 rings (SSSR count). The average Bonchev–Trinajstić information content (AvgIpc) is 3.01. The van der Waals surface area contributed by atoms with Crippen molar-refractivity contribution in [3.05, 3.63) is 71.8 Å². The molecule has 2 aliphatic rings. The third-order valence-electron chi connectivity index (χ3n) is 8.20. The highest BCUT2D eigenvalue weighted by Gasteiger charge is 2.42. The fraction of sp³-hybridized carbons (Fsp3) is 0.387. The number of ether oxygens (including phenoxy) is 1. The number of rotatable bonds is 9. The number of nitrogens with two attached hydrogens (primary N) is 1. The third kappa shape index (κ3) is 6.27. The van der Waals surface area contributed by atoms with Crippen LogP contribution in [0.5, 0.6) is 5.75 Å². The van der Waals surface area contributed by atoms with E-state index in [1.54, 1.807) is 36.3 Å². The zero-order chi connectivity index (χ0) is 29.8. The molecule has 42 heavy (non-hydrogen) atoms. The number of methoxy groups -OCH3 is 1. The van der Waals surface area contributed by atoms with Gasteiger partial charge in [-0.15, -0.1) is 0 Å². The second-order valence-corrected chi connectivity index (χ2v) is 11.7. The van der Waals surface area contributed by atoms with E-state index in [9.17, 15) is 18.4 Å². The molecule has 2 fully saturated rings. The van der Waals surface area contributed by atoms with E-state index in [0.717, 1.165) is 35.6 Å². The lowest BCUT2D eigenvalue weighted by molar-refractivity contribution is -0.148. The van der Waals surface area contributed by atoms with E-state index >= 15 is 0 Å². The molecule has 3 aromatic carbocycles. The maximum Gasteiger partial charge on any atom is 0.262 e. The molecule has 0 spiro atoms. The summed E-state index contributed by atoms with van der Waals surface area (Å²) in [6.07, 6.45) is 4.19. The fourth-order valence-corrected chi connectivity index (χ4v) is 6.67. The number of fused-ring (bicyclic) bond motifs is 1. The summed E-state index contributed by atoms with van der Waals surface area (Å²) in [5.41, 5.74) is 7.50. The van der Waals surface area contributed by atoms with Crippen molar-refractivity contribution < 1.29 is 23.1 Å². The van der Waals surface area contributed by atoms with Gasteiger partial charge in [0.15, 0.2) is 0 Å². The minimum atomic E-state index is -2.48. The molecule has 2 heterocycles. The van der Waals surface area contributed by atoms with Gasteiger partial charge in [0, 0.05) is 31.6 Å². The van der Waals surface area contributed by atoms with Gasteiger partial charge < -0.3 is 20.3 Å². The molecule has 0 aliphatic carbocycles. The van der Waals surface area contributed by atoms with Crippen molar-refractivity contribution in [3.8, 4) is 5.75 Å². The molecule has 3 unspecified atom stereocenters. The molecule has 0 aromatic heterocycles. The number of carbonyl (C=O) groups excluding carboxylic acids is 2. The summed E-state index contributed by atoms with van der Waals surface area (Å²) in [5, 5.41) is 9.42. The van der Waals surface area contributed by atoms with Gasteiger partial charge in [-0.1, -0.05) is 36.4 Å². The maximum atomic E-state index is 14.2. The first-order valence-electron chi connectivity index (χ1n) is 14.3. The number of nitrogen functional groups attached to an aromatic ring is 1. The lowest BCUT2D eigenvalue weighted by atomic mass is 9.96. The number of carbonyl (C=O) groups is 2. The number of hydrogen-bond acceptors (Lipinski definition) is 5. The van der Waals surface area contributed by atoms with Crippen molar-refractivity contribution in [1.82, 2.24) is 9.80 Å². The number of nitrogens with zero attached hydrogens (tertiary/aromatic N) is 3. The van der Waals surface area contributed by atoms with Crippen molar-refractivity contribution >= 4 is 45.4 Å². The highest BCUT2D eigenvalue weighted by atomic mass is 32.2. The molecular formula is C31H37N5O5S. The van der Waals surface area contributed by atoms with Crippen LogP contribution < -0.4 is 14.8 Å². The van der Waals surface area contributed by atoms with Crippen LogP contribution in [-0.4, -0.2) is 75.0 Å². The first-order valence-corrected chi connectivity index (χ1v) is 15.3. The summed E-state index contributed by atoms with van der Waals surface area (Å²) in [6.45, 7) is 1.69. The lowest BCUT2D eigenvalue weighted by Crippen LogP contribution is -2.60. The van der Waals surface area contributed by atoms with Crippen LogP contribution in [-0.2, 0) is 27.3 Å². The van der Waals surface area contributed by atoms with Crippen LogP contribution in [0.4, 0.5) is 5.69 Å². The van der Waals surface area contributed by atoms with E-state index in [0.29, 0.717) is 55.9 Å². The van der Waals surface area contributed by atoms with Gasteiger partial charge in [0.1, 0.15) is 23.7 Å². The Balaban J connectivity index is 1.46. The number of nitrogens with one attached hydrogen (secondary N) is 1. The van der Waals surface area contributed by atoms with Crippen LogP contribution in [0.2, 0.25) is 0 Å². The first kappa shape index (κ1) is 29.5. The molecule has 2 saturated heterocycles. The Morgan fingerprint density at radius 3 is 2.40 bits per heavy atom. The summed E-state index contributed by atoms with van der Waals surface area (Å²) in [6, 6.07) is 16.4. The number of anilines is 1. The minimum Gasteiger partial charge on any atom is -0.497 e. The smallest absolute Gasteiger partial charge is 0.262 e. The maximum absolute atomic E-state index is 14.2. The quantitative estimate of drug-likeness (QED) is 0.197. The summed E-state index contributed by atoms with van der Waals surface area (Å²) < 4.78 is 29.8. The van der Waals surface area contributed by atoms with Gasteiger partial charge in [0.05, 0.1) is 12.8 Å². The van der Waals surface area contributed by atoms with E-state index in [4.69, 9.17) is 15.9 Å². The zero-order valence-corrected chi connectivity index (χ0v) is 24.5. The number of likely N-dealkylation sites (tertiary alicyclic amines) is 2. The van der Waals surface area contributed by atoms with E-state index in [2.05, 4.69) is 0 Å². The molecule has 2 amide bonds. The molecule has 0 saturated carbocycles. The van der Waals surface area contributed by atoms with E-state index < -0.39 is 23.4 Å². The minimum absolute atomic E-state index is 0.0403. The van der Waals surface area contributed by atoms with Gasteiger partial charge in [0.2, 0.25) is 11.8 Å². The second kappa shape index (κ2) is 12.9. The van der Waals surface area contributed by atoms with Crippen LogP contribution in [0.25, 0.3) is 10.8 Å². The van der Waals surface area contributed by atoms with Crippen LogP contribution in [0, 0.1) is 5.41 Å². The van der Waals surface area contributed by atoms with Crippen molar-refractivity contribution in [2.75, 3.05) is 31.0 Å². The second-order valence-electron chi connectivity index (χ2n) is 10.9. The highest BCUT2D eigenvalue weighted by molar-refractivity contribution is 7.80. The molecule has 3 atom stereocenters. The standard InChI is InChI=1S/C31H37N5O5S/c1-41-26-14-12-23-19-25(13-11-24(23)20-26)36(42(39)40)27-6-5-17-35(31(27)38)28(30(37)34-15-3-2-4-16-34)18-21-7-9-22(10-8-21)29(32)33/h7-14,19-20,27-28H,2-6,15-18H2,1H3,(H3,32,33)(H,39,40). The predicted octanol–water partition coefficient (Wildman–Crippen LogP) is 3.69. The molecule has 10 nitrogen and oxygen atoms in total. The summed E-state index contributed by atoms with van der Waals surface area (Å²) in [4.78, 5) is 31.6. The molecule has 0 bridgehead atoms. The number of hydrogen-bond donors (Lipinski definition) is 3. The molecular weight excluding hydrogens is 554 g/mol. The third-order valence-corrected chi connectivity index (χ3v) is 9.01. The molecule has 11 heteroatoms. The Morgan fingerprint density at radius 1 is 1.05 bits per heavy atom. The largest absolute Gasteiger partial charge is 0.497 e. The Morgan fingerprint density at radius 2 is 1.74 bits per heavy atom. The fourth-order valence-electron chi connectivity index (χ4n) is 5.96. The Hall–Kier alpha value is -3.96. The van der Waals surface area contributed by atoms with Gasteiger partial charge in [-0.2, -0.15) is 0 Å². The zero-order valence-electron chi connectivity index (χ0n) is 23.7. The number of amides is 2. The van der Waals surface area contributed by atoms with Gasteiger partial charge >= 0.3 is 0 Å². The SMILES string of the molecule is COc1ccc2cc(N(C3CCCN(C(Cc4ccc(C(=N)N)cc4)C(=O)N4CCCCC4)C3=O)S(=O)O)ccc2c1. The first-order chi connectivity index (χ1) is 20.3. The topological polar surface area (TPSA) is 140 Å². The van der Waals surface area contributed by atoms with Crippen LogP contribution >= 0.6 is 0 Å². The predicted molar refractivity (Wildman–Crippen MR) is 164 cm³/mol. The summed E-state index contributed by atoms with van der Waals surface area (Å²) in [5.74, 6) is 0.225. The Bertz CT molecular complexity index is 1490. The molecule has 0 radical (unpaired) electrons. The van der Waals surface area contributed by atoms with Gasteiger partial charge in [-0.05, 0) is 72.7 Å². The van der Waals surface area contributed by atoms with Gasteiger partial charge in [-0.25, -0.2) is 4.21 Å². The van der Waals surface area contributed by atoms with Crippen molar-refractivity contribution in [3.63, 3.8) is 0 Å². The monoisotopic (exact) mass is 591 g/mol. The van der Waals surface area contributed by atoms with Gasteiger partial charge in [-0.3, -0.25) is 23.9 Å². The lowest BCUT2D eigenvalue weighted by Gasteiger charge is -2.42. The van der Waals surface area contributed by atoms with Crippen LogP contribution in [0.15, 0.2) is 60.7 Å². The summed E-state index contributed by atoms with van der Waals surface area (Å²) in [7, 11) is 1.59. The Kier molecular flexibility index (Phi) is 9.08. The molecule has 3 aromatic rings. The molecule has 2 aliphatic heterocycles. The van der Waals surface area contributed by atoms with E-state index in [1.165, 1.54) is 4.31 Å². The van der Waals surface area contributed by atoms with Crippen molar-refractivity contribution in [2.45, 2.75) is 50.6 Å². The van der Waals surface area contributed by atoms with Crippen LogP contribution in [0.3, 0.4) is 0 Å². The normalized spacial score (nSPS) is 18.9. The number of benzene rings is 3. The Labute approximate surface area is 248 Å². The van der Waals surface area contributed by atoms with Gasteiger partial charge in [0.25, 0.3) is 11.3 Å². The molecule has 222 valence electrons. The highest BCUT2D eigenvalue weighted by Crippen LogP contribution is 2.31. The van der Waals surface area contributed by atoms with Crippen molar-refractivity contribution in [2.24, 2.45) is 5.73 Å². The number of piperidine rings is 2. The summed E-state index contributed by atoms with van der Waals surface area (Å²) >= 11 is -2.48. The van der Waals surface area contributed by atoms with E-state index in [1.807, 2.05) is 41.3 Å². The number of amidine groups is 1. The van der Waals surface area contributed by atoms with Crippen LogP contribution in [0.1, 0.15) is 43.2 Å². The van der Waals surface area contributed by atoms with Crippen molar-refractivity contribution in [1.29, 1.82) is 5.41 Å². The average molecular weight is 592 g/mol. The van der Waals surface area contributed by atoms with E-state index in [-0.39, 0.29) is 17.6 Å².